The van der Waals surface area contributed by atoms with Crippen molar-refractivity contribution in [1.82, 2.24) is 9.88 Å². The molecule has 5 heteroatoms. The minimum Gasteiger partial charge on any atom is -0.489 e. The van der Waals surface area contributed by atoms with Gasteiger partial charge in [0.1, 0.15) is 12.4 Å². The van der Waals surface area contributed by atoms with Crippen molar-refractivity contribution in [3.05, 3.63) is 95.8 Å². The van der Waals surface area contributed by atoms with Gasteiger partial charge in [-0.1, -0.05) is 48.5 Å². The van der Waals surface area contributed by atoms with Crippen LogP contribution in [0.25, 0.3) is 0 Å². The zero-order chi connectivity index (χ0) is 20.8. The van der Waals surface area contributed by atoms with Gasteiger partial charge in [0.05, 0.1) is 12.0 Å². The number of aliphatic carboxylic acids is 1. The highest BCUT2D eigenvalue weighted by Gasteiger charge is 2.31. The predicted molar refractivity (Wildman–Crippen MR) is 115 cm³/mol. The van der Waals surface area contributed by atoms with E-state index in [1.807, 2.05) is 54.7 Å². The quantitative estimate of drug-likeness (QED) is 0.628. The molecule has 4 rings (SSSR count). The van der Waals surface area contributed by atoms with Crippen molar-refractivity contribution in [2.45, 2.75) is 25.5 Å². The lowest BCUT2D eigenvalue weighted by molar-refractivity contribution is -0.143. The van der Waals surface area contributed by atoms with Crippen LogP contribution < -0.4 is 4.74 Å². The standard InChI is InChI=1S/C25H26N2O3/c28-25(29)22-9-5-15-27(17-22)24(21-8-4-14-26-16-21)20-10-12-23(13-11-20)30-18-19-6-2-1-3-7-19/h1-4,6-8,10-14,16,22,24H,5,9,15,17-18H2,(H,28,29). The number of carbonyl (C=O) groups is 1. The number of hydrogen-bond donors (Lipinski definition) is 1. The van der Waals surface area contributed by atoms with Crippen LogP contribution in [0.2, 0.25) is 0 Å². The van der Waals surface area contributed by atoms with E-state index in [1.54, 1.807) is 6.20 Å². The lowest BCUT2D eigenvalue weighted by Gasteiger charge is -2.37. The zero-order valence-corrected chi connectivity index (χ0v) is 16.9. The molecule has 1 aliphatic heterocycles. The maximum atomic E-state index is 11.6. The second-order valence-electron chi connectivity index (χ2n) is 7.70. The van der Waals surface area contributed by atoms with E-state index in [9.17, 15) is 9.90 Å². The summed E-state index contributed by atoms with van der Waals surface area (Å²) >= 11 is 0. The summed E-state index contributed by atoms with van der Waals surface area (Å²) in [6.07, 6.45) is 5.25. The van der Waals surface area contributed by atoms with E-state index in [0.717, 1.165) is 41.8 Å². The summed E-state index contributed by atoms with van der Waals surface area (Å²) < 4.78 is 5.92. The molecule has 1 saturated heterocycles. The molecule has 0 amide bonds. The fourth-order valence-electron chi connectivity index (χ4n) is 4.08. The van der Waals surface area contributed by atoms with Gasteiger partial charge in [0.25, 0.3) is 0 Å². The number of aromatic nitrogens is 1. The molecule has 1 aliphatic rings. The molecule has 1 N–H and O–H groups in total. The van der Waals surface area contributed by atoms with Crippen LogP contribution in [0.15, 0.2) is 79.1 Å². The van der Waals surface area contributed by atoms with E-state index >= 15 is 0 Å². The summed E-state index contributed by atoms with van der Waals surface area (Å²) in [5.41, 5.74) is 3.31. The molecule has 2 atom stereocenters. The number of piperidine rings is 1. The SMILES string of the molecule is O=C(O)C1CCCN(C(c2ccc(OCc3ccccc3)cc2)c2cccnc2)C1. The van der Waals surface area contributed by atoms with Gasteiger partial charge < -0.3 is 9.84 Å². The molecular formula is C25H26N2O3. The summed E-state index contributed by atoms with van der Waals surface area (Å²) in [6, 6.07) is 22.2. The van der Waals surface area contributed by atoms with Crippen LogP contribution >= 0.6 is 0 Å². The van der Waals surface area contributed by atoms with Crippen molar-refractivity contribution in [2.75, 3.05) is 13.1 Å². The molecule has 2 heterocycles. The highest BCUT2D eigenvalue weighted by atomic mass is 16.5. The highest BCUT2D eigenvalue weighted by molar-refractivity contribution is 5.70. The van der Waals surface area contributed by atoms with Crippen molar-refractivity contribution < 1.29 is 14.6 Å². The fourth-order valence-corrected chi connectivity index (χ4v) is 4.08. The minimum atomic E-state index is -0.714. The van der Waals surface area contributed by atoms with E-state index in [4.69, 9.17) is 4.74 Å². The Kier molecular flexibility index (Phi) is 6.40. The largest absolute Gasteiger partial charge is 0.489 e. The maximum Gasteiger partial charge on any atom is 0.307 e. The number of benzene rings is 2. The summed E-state index contributed by atoms with van der Waals surface area (Å²) in [7, 11) is 0. The smallest absolute Gasteiger partial charge is 0.307 e. The van der Waals surface area contributed by atoms with Gasteiger partial charge in [-0.15, -0.1) is 0 Å². The number of carboxylic acids is 1. The van der Waals surface area contributed by atoms with Crippen molar-refractivity contribution in [3.63, 3.8) is 0 Å². The van der Waals surface area contributed by atoms with Gasteiger partial charge in [-0.2, -0.15) is 0 Å². The van der Waals surface area contributed by atoms with Gasteiger partial charge in [0.15, 0.2) is 0 Å². The number of nitrogens with zero attached hydrogens (tertiary/aromatic N) is 2. The molecule has 0 saturated carbocycles. The van der Waals surface area contributed by atoms with E-state index in [2.05, 4.69) is 28.1 Å². The third-order valence-corrected chi connectivity index (χ3v) is 5.61. The van der Waals surface area contributed by atoms with Gasteiger partial charge in [-0.05, 0) is 54.3 Å². The van der Waals surface area contributed by atoms with Crippen molar-refractivity contribution in [2.24, 2.45) is 5.92 Å². The fraction of sp³-hybridized carbons (Fsp3) is 0.280. The van der Waals surface area contributed by atoms with Gasteiger partial charge in [-0.25, -0.2) is 0 Å². The van der Waals surface area contributed by atoms with Crippen LogP contribution in [-0.2, 0) is 11.4 Å². The van der Waals surface area contributed by atoms with Crippen LogP contribution in [0.5, 0.6) is 5.75 Å². The lowest BCUT2D eigenvalue weighted by Crippen LogP contribution is -2.41. The molecule has 1 fully saturated rings. The highest BCUT2D eigenvalue weighted by Crippen LogP contribution is 2.33. The van der Waals surface area contributed by atoms with Gasteiger partial charge >= 0.3 is 5.97 Å². The Morgan fingerprint density at radius 3 is 2.57 bits per heavy atom. The molecule has 3 aromatic rings. The third kappa shape index (κ3) is 4.86. The Hall–Kier alpha value is -3.18. The summed E-state index contributed by atoms with van der Waals surface area (Å²) in [5.74, 6) is -0.227. The average Bonchev–Trinajstić information content (AvgIpc) is 2.80. The molecule has 30 heavy (non-hydrogen) atoms. The molecular weight excluding hydrogens is 376 g/mol. The second-order valence-corrected chi connectivity index (χ2v) is 7.70. The van der Waals surface area contributed by atoms with Crippen molar-refractivity contribution >= 4 is 5.97 Å². The Bertz CT molecular complexity index is 945. The van der Waals surface area contributed by atoms with Crippen LogP contribution in [-0.4, -0.2) is 34.0 Å². The minimum absolute atomic E-state index is 0.0241. The summed E-state index contributed by atoms with van der Waals surface area (Å²) in [6.45, 7) is 1.94. The molecule has 5 nitrogen and oxygen atoms in total. The topological polar surface area (TPSA) is 62.7 Å². The predicted octanol–water partition coefficient (Wildman–Crippen LogP) is 4.55. The number of likely N-dealkylation sites (tertiary alicyclic amines) is 1. The molecule has 0 bridgehead atoms. The van der Waals surface area contributed by atoms with E-state index in [1.165, 1.54) is 0 Å². The van der Waals surface area contributed by atoms with Crippen LogP contribution in [0, 0.1) is 5.92 Å². The number of pyridine rings is 1. The normalized spacial score (nSPS) is 17.9. The third-order valence-electron chi connectivity index (χ3n) is 5.61. The molecule has 1 aromatic heterocycles. The first-order valence-corrected chi connectivity index (χ1v) is 10.3. The number of hydrogen-bond acceptors (Lipinski definition) is 4. The summed E-state index contributed by atoms with van der Waals surface area (Å²) in [5, 5.41) is 9.51. The van der Waals surface area contributed by atoms with Crippen molar-refractivity contribution in [1.29, 1.82) is 0 Å². The number of carboxylic acid groups (broad SMARTS) is 1. The Labute approximate surface area is 177 Å². The van der Waals surface area contributed by atoms with E-state index < -0.39 is 5.97 Å². The number of ether oxygens (including phenoxy) is 1. The zero-order valence-electron chi connectivity index (χ0n) is 16.9. The number of rotatable bonds is 7. The van der Waals surface area contributed by atoms with E-state index in [-0.39, 0.29) is 12.0 Å². The van der Waals surface area contributed by atoms with E-state index in [0.29, 0.717) is 13.2 Å². The molecule has 0 spiro atoms. The Morgan fingerprint density at radius 1 is 1.07 bits per heavy atom. The lowest BCUT2D eigenvalue weighted by atomic mass is 9.92. The molecule has 154 valence electrons. The van der Waals surface area contributed by atoms with Crippen LogP contribution in [0.4, 0.5) is 0 Å². The molecule has 2 aromatic carbocycles. The Morgan fingerprint density at radius 2 is 1.87 bits per heavy atom. The summed E-state index contributed by atoms with van der Waals surface area (Å²) in [4.78, 5) is 18.1. The van der Waals surface area contributed by atoms with Gasteiger partial charge in [0, 0.05) is 18.9 Å². The second kappa shape index (κ2) is 9.55. The van der Waals surface area contributed by atoms with Gasteiger partial charge in [-0.3, -0.25) is 14.7 Å². The van der Waals surface area contributed by atoms with Crippen LogP contribution in [0.1, 0.15) is 35.6 Å². The van der Waals surface area contributed by atoms with Gasteiger partial charge in [0.2, 0.25) is 0 Å². The first-order valence-electron chi connectivity index (χ1n) is 10.3. The first kappa shape index (κ1) is 20.1. The molecule has 2 unspecified atom stereocenters. The monoisotopic (exact) mass is 402 g/mol. The maximum absolute atomic E-state index is 11.6. The van der Waals surface area contributed by atoms with Crippen molar-refractivity contribution in [3.8, 4) is 5.75 Å². The first-order chi connectivity index (χ1) is 14.7. The Balaban J connectivity index is 1.54. The molecule has 0 aliphatic carbocycles. The molecule has 0 radical (unpaired) electrons. The average molecular weight is 402 g/mol. The van der Waals surface area contributed by atoms with Crippen LogP contribution in [0.3, 0.4) is 0 Å².